The number of hydrogen-bond acceptors (Lipinski definition) is 3. The van der Waals surface area contributed by atoms with E-state index in [0.717, 1.165) is 45.1 Å². The molecule has 3 atom stereocenters. The lowest BCUT2D eigenvalue weighted by Crippen LogP contribution is -2.54. The van der Waals surface area contributed by atoms with Gasteiger partial charge in [0.05, 0.1) is 6.10 Å². The summed E-state index contributed by atoms with van der Waals surface area (Å²) in [5.41, 5.74) is -0.652. The highest BCUT2D eigenvalue weighted by atomic mass is 16.5. The molecule has 1 N–H and O–H groups in total. The Bertz CT molecular complexity index is 294. The molecule has 1 saturated heterocycles. The van der Waals surface area contributed by atoms with Gasteiger partial charge in [-0.2, -0.15) is 0 Å². The predicted molar refractivity (Wildman–Crippen MR) is 65.0 cm³/mol. The summed E-state index contributed by atoms with van der Waals surface area (Å²) < 4.78 is 5.44. The Morgan fingerprint density at radius 3 is 2.82 bits per heavy atom. The van der Waals surface area contributed by atoms with Gasteiger partial charge in [0, 0.05) is 13.2 Å². The summed E-state index contributed by atoms with van der Waals surface area (Å²) in [4.78, 5) is 13.7. The minimum absolute atomic E-state index is 0.312. The molecule has 1 heterocycles. The SMILES string of the molecule is COC1CCCC(N2CCCC2(C)C(=O)O)C1. The number of carbonyl (C=O) groups is 1. The van der Waals surface area contributed by atoms with Crippen LogP contribution in [0.15, 0.2) is 0 Å². The minimum atomic E-state index is -0.672. The topological polar surface area (TPSA) is 49.8 Å². The van der Waals surface area contributed by atoms with Gasteiger partial charge >= 0.3 is 5.97 Å². The van der Waals surface area contributed by atoms with Crippen molar-refractivity contribution in [1.82, 2.24) is 4.90 Å². The van der Waals surface area contributed by atoms with Gasteiger partial charge in [-0.15, -0.1) is 0 Å². The van der Waals surface area contributed by atoms with Crippen LogP contribution in [0.1, 0.15) is 45.4 Å². The minimum Gasteiger partial charge on any atom is -0.480 e. The van der Waals surface area contributed by atoms with Crippen molar-refractivity contribution in [2.24, 2.45) is 0 Å². The Hall–Kier alpha value is -0.610. The molecule has 4 heteroatoms. The molecule has 0 spiro atoms. The van der Waals surface area contributed by atoms with Gasteiger partial charge < -0.3 is 9.84 Å². The average Bonchev–Trinajstić information content (AvgIpc) is 2.73. The molecule has 2 aliphatic rings. The van der Waals surface area contributed by atoms with E-state index in [1.165, 1.54) is 0 Å². The summed E-state index contributed by atoms with van der Waals surface area (Å²) in [6, 6.07) is 0.386. The molecule has 98 valence electrons. The summed E-state index contributed by atoms with van der Waals surface area (Å²) in [7, 11) is 1.76. The van der Waals surface area contributed by atoms with Crippen molar-refractivity contribution in [3.63, 3.8) is 0 Å². The number of nitrogens with zero attached hydrogens (tertiary/aromatic N) is 1. The first kappa shape index (κ1) is 12.8. The number of rotatable bonds is 3. The largest absolute Gasteiger partial charge is 0.480 e. The maximum absolute atomic E-state index is 11.5. The summed E-state index contributed by atoms with van der Waals surface area (Å²) in [5, 5.41) is 9.42. The van der Waals surface area contributed by atoms with Crippen LogP contribution in [0.3, 0.4) is 0 Å². The van der Waals surface area contributed by atoms with Crippen LogP contribution >= 0.6 is 0 Å². The van der Waals surface area contributed by atoms with Crippen molar-refractivity contribution in [2.75, 3.05) is 13.7 Å². The van der Waals surface area contributed by atoms with Gasteiger partial charge in [0.1, 0.15) is 5.54 Å². The second kappa shape index (κ2) is 4.94. The Morgan fingerprint density at radius 1 is 1.41 bits per heavy atom. The van der Waals surface area contributed by atoms with Crippen molar-refractivity contribution in [2.45, 2.75) is 63.1 Å². The summed E-state index contributed by atoms with van der Waals surface area (Å²) in [6.45, 7) is 2.79. The molecule has 0 bridgehead atoms. The second-order valence-electron chi connectivity index (χ2n) is 5.55. The van der Waals surface area contributed by atoms with E-state index in [1.54, 1.807) is 7.11 Å². The molecule has 1 aliphatic heterocycles. The smallest absolute Gasteiger partial charge is 0.323 e. The van der Waals surface area contributed by atoms with E-state index in [0.29, 0.717) is 12.1 Å². The molecule has 1 aliphatic carbocycles. The van der Waals surface area contributed by atoms with Gasteiger partial charge in [-0.1, -0.05) is 0 Å². The third-order valence-electron chi connectivity index (χ3n) is 4.53. The average molecular weight is 241 g/mol. The molecular weight excluding hydrogens is 218 g/mol. The summed E-state index contributed by atoms with van der Waals surface area (Å²) in [6.07, 6.45) is 6.45. The Balaban J connectivity index is 2.08. The third kappa shape index (κ3) is 2.33. The normalized spacial score (nSPS) is 39.4. The molecule has 0 aromatic rings. The zero-order valence-corrected chi connectivity index (χ0v) is 10.8. The molecule has 17 heavy (non-hydrogen) atoms. The number of hydrogen-bond donors (Lipinski definition) is 1. The van der Waals surface area contributed by atoms with Gasteiger partial charge in [0.25, 0.3) is 0 Å². The first-order valence-electron chi connectivity index (χ1n) is 6.61. The monoisotopic (exact) mass is 241 g/mol. The highest BCUT2D eigenvalue weighted by Crippen LogP contribution is 2.36. The van der Waals surface area contributed by atoms with E-state index >= 15 is 0 Å². The van der Waals surface area contributed by atoms with E-state index in [2.05, 4.69) is 4.90 Å². The standard InChI is InChI=1S/C13H23NO3/c1-13(12(15)16)7-4-8-14(13)10-5-3-6-11(9-10)17-2/h10-11H,3-9H2,1-2H3,(H,15,16). The first-order chi connectivity index (χ1) is 8.08. The van der Waals surface area contributed by atoms with Crippen molar-refractivity contribution in [3.8, 4) is 0 Å². The first-order valence-corrected chi connectivity index (χ1v) is 6.61. The van der Waals surface area contributed by atoms with Crippen LogP contribution in [0.25, 0.3) is 0 Å². The molecule has 2 fully saturated rings. The van der Waals surface area contributed by atoms with Gasteiger partial charge in [0.2, 0.25) is 0 Å². The van der Waals surface area contributed by atoms with Gasteiger partial charge in [-0.05, 0) is 52.0 Å². The van der Waals surface area contributed by atoms with E-state index in [9.17, 15) is 9.90 Å². The molecule has 4 nitrogen and oxygen atoms in total. The quantitative estimate of drug-likeness (QED) is 0.819. The van der Waals surface area contributed by atoms with Crippen molar-refractivity contribution < 1.29 is 14.6 Å². The van der Waals surface area contributed by atoms with E-state index in [1.807, 2.05) is 6.92 Å². The van der Waals surface area contributed by atoms with Crippen LogP contribution in [0.5, 0.6) is 0 Å². The summed E-state index contributed by atoms with van der Waals surface area (Å²) in [5.74, 6) is -0.672. The molecular formula is C13H23NO3. The number of aliphatic carboxylic acids is 1. The summed E-state index contributed by atoms with van der Waals surface area (Å²) >= 11 is 0. The molecule has 1 saturated carbocycles. The van der Waals surface area contributed by atoms with Crippen LogP contribution in [0.4, 0.5) is 0 Å². The van der Waals surface area contributed by atoms with Crippen LogP contribution in [-0.2, 0) is 9.53 Å². The fourth-order valence-corrected chi connectivity index (χ4v) is 3.42. The lowest BCUT2D eigenvalue weighted by Gasteiger charge is -2.41. The molecule has 2 rings (SSSR count). The lowest BCUT2D eigenvalue weighted by atomic mass is 9.88. The fraction of sp³-hybridized carbons (Fsp3) is 0.923. The maximum Gasteiger partial charge on any atom is 0.323 e. The van der Waals surface area contributed by atoms with Crippen LogP contribution in [0.2, 0.25) is 0 Å². The van der Waals surface area contributed by atoms with Crippen molar-refractivity contribution in [1.29, 1.82) is 0 Å². The molecule has 0 aromatic carbocycles. The van der Waals surface area contributed by atoms with Crippen LogP contribution < -0.4 is 0 Å². The number of likely N-dealkylation sites (tertiary alicyclic amines) is 1. The Kier molecular flexibility index (Phi) is 3.73. The van der Waals surface area contributed by atoms with Crippen molar-refractivity contribution in [3.05, 3.63) is 0 Å². The van der Waals surface area contributed by atoms with Gasteiger partial charge in [0.15, 0.2) is 0 Å². The zero-order chi connectivity index (χ0) is 12.5. The van der Waals surface area contributed by atoms with Crippen molar-refractivity contribution >= 4 is 5.97 Å². The number of methoxy groups -OCH3 is 1. The van der Waals surface area contributed by atoms with E-state index < -0.39 is 11.5 Å². The van der Waals surface area contributed by atoms with Gasteiger partial charge in [-0.25, -0.2) is 0 Å². The number of ether oxygens (including phenoxy) is 1. The lowest BCUT2D eigenvalue weighted by molar-refractivity contribution is -0.151. The molecule has 0 aromatic heterocycles. The van der Waals surface area contributed by atoms with Gasteiger partial charge in [-0.3, -0.25) is 9.69 Å². The number of carboxylic acid groups (broad SMARTS) is 1. The Labute approximate surface area is 103 Å². The molecule has 3 unspecified atom stereocenters. The van der Waals surface area contributed by atoms with E-state index in [4.69, 9.17) is 4.74 Å². The third-order valence-corrected chi connectivity index (χ3v) is 4.53. The Morgan fingerprint density at radius 2 is 2.18 bits per heavy atom. The fourth-order valence-electron chi connectivity index (χ4n) is 3.42. The predicted octanol–water partition coefficient (Wildman–Crippen LogP) is 1.88. The highest BCUT2D eigenvalue weighted by molar-refractivity contribution is 5.78. The van der Waals surface area contributed by atoms with E-state index in [-0.39, 0.29) is 0 Å². The highest BCUT2D eigenvalue weighted by Gasteiger charge is 2.47. The van der Waals surface area contributed by atoms with Crippen LogP contribution in [0, 0.1) is 0 Å². The maximum atomic E-state index is 11.5. The molecule has 0 radical (unpaired) electrons. The number of carboxylic acids is 1. The second-order valence-corrected chi connectivity index (χ2v) is 5.55. The molecule has 0 amide bonds. The zero-order valence-electron chi connectivity index (χ0n) is 10.8. The van der Waals surface area contributed by atoms with Crippen LogP contribution in [-0.4, -0.2) is 47.3 Å².